The number of carbonyl (C=O) groups is 3. The molecule has 1 saturated heterocycles. The maximum Gasteiger partial charge on any atom is 0.343 e. The highest BCUT2D eigenvalue weighted by molar-refractivity contribution is 8.18. The van der Waals surface area contributed by atoms with Crippen molar-refractivity contribution in [3.8, 4) is 5.75 Å². The summed E-state index contributed by atoms with van der Waals surface area (Å²) in [5, 5.41) is -0.284. The van der Waals surface area contributed by atoms with Gasteiger partial charge in [-0.25, -0.2) is 4.79 Å². The fourth-order valence-corrected chi connectivity index (χ4v) is 4.15. The SMILES string of the molecule is Cc1cccc(C(=O)Oc2ccc(/C=C3\SC(=O)N(Cc4ccccc4C)C3=O)cc2)c1. The molecular formula is C26H21NO4S. The van der Waals surface area contributed by atoms with E-state index < -0.39 is 5.97 Å². The van der Waals surface area contributed by atoms with Crippen molar-refractivity contribution in [2.24, 2.45) is 0 Å². The summed E-state index contributed by atoms with van der Waals surface area (Å²) in [6.07, 6.45) is 1.68. The van der Waals surface area contributed by atoms with Gasteiger partial charge in [-0.2, -0.15) is 0 Å². The molecule has 1 aliphatic heterocycles. The zero-order valence-corrected chi connectivity index (χ0v) is 18.5. The summed E-state index contributed by atoms with van der Waals surface area (Å²) in [5.74, 6) is -0.335. The van der Waals surface area contributed by atoms with Gasteiger partial charge in [0.1, 0.15) is 5.75 Å². The Morgan fingerprint density at radius 2 is 1.72 bits per heavy atom. The van der Waals surface area contributed by atoms with Crippen LogP contribution in [-0.4, -0.2) is 22.0 Å². The first-order valence-electron chi connectivity index (χ1n) is 10.1. The molecule has 0 spiro atoms. The van der Waals surface area contributed by atoms with Gasteiger partial charge in [0.2, 0.25) is 0 Å². The van der Waals surface area contributed by atoms with Gasteiger partial charge in [0.05, 0.1) is 17.0 Å². The zero-order chi connectivity index (χ0) is 22.7. The summed E-state index contributed by atoms with van der Waals surface area (Å²) in [6, 6.07) is 21.7. The third-order valence-corrected chi connectivity index (χ3v) is 6.01. The summed E-state index contributed by atoms with van der Waals surface area (Å²) in [6.45, 7) is 4.12. The first kappa shape index (κ1) is 21.6. The van der Waals surface area contributed by atoms with Crippen molar-refractivity contribution in [2.75, 3.05) is 0 Å². The molecule has 0 radical (unpaired) electrons. The van der Waals surface area contributed by atoms with Gasteiger partial charge in [0.15, 0.2) is 0 Å². The van der Waals surface area contributed by atoms with Crippen LogP contribution >= 0.6 is 11.8 Å². The standard InChI is InChI=1S/C26H21NO4S/c1-17-6-5-9-20(14-17)25(29)31-22-12-10-19(11-13-22)15-23-24(28)27(26(30)32-23)16-21-8-4-3-7-18(21)2/h3-15H,16H2,1-2H3/b23-15-. The van der Waals surface area contributed by atoms with Crippen molar-refractivity contribution in [3.05, 3.63) is 106 Å². The quantitative estimate of drug-likeness (QED) is 0.285. The Kier molecular flexibility index (Phi) is 6.23. The van der Waals surface area contributed by atoms with Crippen LogP contribution in [0.5, 0.6) is 5.75 Å². The Hall–Kier alpha value is -3.64. The lowest BCUT2D eigenvalue weighted by atomic mass is 10.1. The number of carbonyl (C=O) groups excluding carboxylic acids is 3. The lowest BCUT2D eigenvalue weighted by Crippen LogP contribution is -2.27. The van der Waals surface area contributed by atoms with E-state index in [4.69, 9.17) is 4.74 Å². The molecule has 6 heteroatoms. The fourth-order valence-electron chi connectivity index (χ4n) is 3.32. The average molecular weight is 444 g/mol. The van der Waals surface area contributed by atoms with Gasteiger partial charge in [-0.3, -0.25) is 14.5 Å². The first-order chi connectivity index (χ1) is 15.4. The molecule has 32 heavy (non-hydrogen) atoms. The highest BCUT2D eigenvalue weighted by atomic mass is 32.2. The van der Waals surface area contributed by atoms with Crippen LogP contribution in [0.1, 0.15) is 32.6 Å². The molecule has 1 fully saturated rings. The van der Waals surface area contributed by atoms with Crippen molar-refractivity contribution in [3.63, 3.8) is 0 Å². The predicted octanol–water partition coefficient (Wildman–Crippen LogP) is 5.76. The van der Waals surface area contributed by atoms with E-state index in [1.807, 2.05) is 44.2 Å². The minimum absolute atomic E-state index is 0.253. The van der Waals surface area contributed by atoms with Crippen LogP contribution in [0.3, 0.4) is 0 Å². The monoisotopic (exact) mass is 443 g/mol. The first-order valence-corrected chi connectivity index (χ1v) is 10.9. The zero-order valence-electron chi connectivity index (χ0n) is 17.7. The molecule has 2 amide bonds. The number of nitrogens with zero attached hydrogens (tertiary/aromatic N) is 1. The number of benzene rings is 3. The molecule has 0 aliphatic carbocycles. The highest BCUT2D eigenvalue weighted by Crippen LogP contribution is 2.33. The van der Waals surface area contributed by atoms with Crippen LogP contribution < -0.4 is 4.74 Å². The molecule has 0 aromatic heterocycles. The Balaban J connectivity index is 1.45. The number of aryl methyl sites for hydroxylation is 2. The highest BCUT2D eigenvalue weighted by Gasteiger charge is 2.35. The second kappa shape index (κ2) is 9.24. The minimum Gasteiger partial charge on any atom is -0.423 e. The van der Waals surface area contributed by atoms with Crippen LogP contribution in [-0.2, 0) is 11.3 Å². The molecule has 1 heterocycles. The lowest BCUT2D eigenvalue weighted by Gasteiger charge is -2.14. The van der Waals surface area contributed by atoms with Gasteiger partial charge in [0, 0.05) is 0 Å². The smallest absolute Gasteiger partial charge is 0.343 e. The van der Waals surface area contributed by atoms with E-state index in [1.165, 1.54) is 4.90 Å². The molecule has 3 aromatic rings. The number of ether oxygens (including phenoxy) is 1. The van der Waals surface area contributed by atoms with Gasteiger partial charge >= 0.3 is 5.97 Å². The van der Waals surface area contributed by atoms with Gasteiger partial charge in [-0.1, -0.05) is 54.1 Å². The van der Waals surface area contributed by atoms with Crippen molar-refractivity contribution < 1.29 is 19.1 Å². The van der Waals surface area contributed by atoms with Crippen molar-refractivity contribution in [1.29, 1.82) is 0 Å². The summed E-state index contributed by atoms with van der Waals surface area (Å²) < 4.78 is 5.42. The molecule has 0 bridgehead atoms. The second-order valence-corrected chi connectivity index (χ2v) is 8.52. The number of thioether (sulfide) groups is 1. The largest absolute Gasteiger partial charge is 0.423 e. The molecule has 0 unspecified atom stereocenters. The van der Waals surface area contributed by atoms with Crippen LogP contribution in [0, 0.1) is 13.8 Å². The van der Waals surface area contributed by atoms with Crippen LogP contribution in [0.15, 0.2) is 77.7 Å². The molecule has 0 saturated carbocycles. The predicted molar refractivity (Wildman–Crippen MR) is 125 cm³/mol. The van der Waals surface area contributed by atoms with E-state index in [9.17, 15) is 14.4 Å². The maximum absolute atomic E-state index is 12.8. The lowest BCUT2D eigenvalue weighted by molar-refractivity contribution is -0.123. The molecule has 0 N–H and O–H groups in total. The van der Waals surface area contributed by atoms with Crippen molar-refractivity contribution in [2.45, 2.75) is 20.4 Å². The van der Waals surface area contributed by atoms with Gasteiger partial charge < -0.3 is 4.74 Å². The number of hydrogen-bond acceptors (Lipinski definition) is 5. The summed E-state index contributed by atoms with van der Waals surface area (Å²) in [7, 11) is 0. The van der Waals surface area contributed by atoms with Crippen molar-refractivity contribution >= 4 is 35.0 Å². The van der Waals surface area contributed by atoms with E-state index in [0.717, 1.165) is 34.0 Å². The average Bonchev–Trinajstić information content (AvgIpc) is 3.04. The van der Waals surface area contributed by atoms with E-state index in [-0.39, 0.29) is 17.7 Å². The topological polar surface area (TPSA) is 63.7 Å². The Morgan fingerprint density at radius 1 is 0.969 bits per heavy atom. The molecule has 160 valence electrons. The molecule has 0 atom stereocenters. The Morgan fingerprint density at radius 3 is 2.44 bits per heavy atom. The van der Waals surface area contributed by atoms with Gasteiger partial charge in [-0.15, -0.1) is 0 Å². The minimum atomic E-state index is -0.432. The molecule has 3 aromatic carbocycles. The Bertz CT molecular complexity index is 1230. The van der Waals surface area contributed by atoms with Crippen LogP contribution in [0.4, 0.5) is 4.79 Å². The summed E-state index contributed by atoms with van der Waals surface area (Å²) in [5.41, 5.74) is 4.17. The number of imide groups is 1. The summed E-state index contributed by atoms with van der Waals surface area (Å²) >= 11 is 0.928. The molecular weight excluding hydrogens is 422 g/mol. The molecule has 1 aliphatic rings. The van der Waals surface area contributed by atoms with Gasteiger partial charge in [-0.05, 0) is 72.6 Å². The third-order valence-electron chi connectivity index (χ3n) is 5.11. The second-order valence-electron chi connectivity index (χ2n) is 7.52. The number of rotatable bonds is 5. The van der Waals surface area contributed by atoms with Crippen LogP contribution in [0.2, 0.25) is 0 Å². The molecule has 4 rings (SSSR count). The normalized spacial score (nSPS) is 14.8. The fraction of sp³-hybridized carbons (Fsp3) is 0.115. The van der Waals surface area contributed by atoms with Gasteiger partial charge in [0.25, 0.3) is 11.1 Å². The number of hydrogen-bond donors (Lipinski definition) is 0. The number of amides is 2. The Labute approximate surface area is 190 Å². The summed E-state index contributed by atoms with van der Waals surface area (Å²) in [4.78, 5) is 39.1. The maximum atomic E-state index is 12.8. The van der Waals surface area contributed by atoms with E-state index in [1.54, 1.807) is 48.5 Å². The molecule has 5 nitrogen and oxygen atoms in total. The third kappa shape index (κ3) is 4.81. The number of esters is 1. The van der Waals surface area contributed by atoms with Crippen molar-refractivity contribution in [1.82, 2.24) is 4.90 Å². The van der Waals surface area contributed by atoms with E-state index in [0.29, 0.717) is 16.2 Å². The van der Waals surface area contributed by atoms with E-state index in [2.05, 4.69) is 0 Å². The van der Waals surface area contributed by atoms with E-state index >= 15 is 0 Å². The van der Waals surface area contributed by atoms with Crippen LogP contribution in [0.25, 0.3) is 6.08 Å².